The SMILES string of the molecule is COC(=O)N(Nc1c2cccc(-c3c(C)cc(C)cc3C)c2nn1C)C(=O)OC. The van der Waals surface area contributed by atoms with Crippen molar-refractivity contribution in [2.45, 2.75) is 20.8 Å². The van der Waals surface area contributed by atoms with Crippen molar-refractivity contribution in [1.82, 2.24) is 14.8 Å². The Labute approximate surface area is 169 Å². The second-order valence-electron chi connectivity index (χ2n) is 6.83. The number of hydrogen-bond acceptors (Lipinski definition) is 6. The number of anilines is 1. The number of aryl methyl sites for hydroxylation is 4. The monoisotopic (exact) mass is 396 g/mol. The zero-order chi connectivity index (χ0) is 21.3. The van der Waals surface area contributed by atoms with E-state index in [4.69, 9.17) is 0 Å². The summed E-state index contributed by atoms with van der Waals surface area (Å²) < 4.78 is 10.9. The number of nitrogens with zero attached hydrogens (tertiary/aromatic N) is 3. The number of nitrogens with one attached hydrogen (secondary N) is 1. The third-order valence-electron chi connectivity index (χ3n) is 4.74. The molecule has 0 radical (unpaired) electrons. The molecule has 1 aromatic heterocycles. The maximum absolute atomic E-state index is 12.0. The predicted octanol–water partition coefficient (Wildman–Crippen LogP) is 4.33. The Hall–Kier alpha value is -3.55. The molecule has 0 fully saturated rings. The summed E-state index contributed by atoms with van der Waals surface area (Å²) in [5.74, 6) is 0.458. The van der Waals surface area contributed by atoms with E-state index >= 15 is 0 Å². The van der Waals surface area contributed by atoms with Crippen LogP contribution in [-0.2, 0) is 16.5 Å². The van der Waals surface area contributed by atoms with Crippen LogP contribution in [0.3, 0.4) is 0 Å². The molecule has 3 aromatic rings. The molecule has 152 valence electrons. The summed E-state index contributed by atoms with van der Waals surface area (Å²) in [6.07, 6.45) is -1.79. The molecule has 29 heavy (non-hydrogen) atoms. The van der Waals surface area contributed by atoms with Gasteiger partial charge in [0.05, 0.1) is 14.2 Å². The number of hydrazine groups is 1. The minimum Gasteiger partial charge on any atom is -0.451 e. The number of carbonyl (C=O) groups excluding carboxylic acids is 2. The average Bonchev–Trinajstić information content (AvgIpc) is 3.00. The molecular weight excluding hydrogens is 372 g/mol. The molecule has 0 spiro atoms. The minimum absolute atomic E-state index is 0.458. The second-order valence-corrected chi connectivity index (χ2v) is 6.83. The fraction of sp³-hybridized carbons (Fsp3) is 0.286. The van der Waals surface area contributed by atoms with Crippen molar-refractivity contribution in [1.29, 1.82) is 0 Å². The Morgan fingerprint density at radius 2 is 1.62 bits per heavy atom. The number of benzene rings is 2. The van der Waals surface area contributed by atoms with Crippen LogP contribution in [0.25, 0.3) is 22.0 Å². The maximum Gasteiger partial charge on any atom is 0.438 e. The van der Waals surface area contributed by atoms with Crippen LogP contribution in [0, 0.1) is 20.8 Å². The van der Waals surface area contributed by atoms with Gasteiger partial charge in [-0.25, -0.2) is 9.59 Å². The van der Waals surface area contributed by atoms with E-state index in [0.717, 1.165) is 33.2 Å². The first-order valence-corrected chi connectivity index (χ1v) is 9.05. The van der Waals surface area contributed by atoms with Gasteiger partial charge in [0.2, 0.25) is 0 Å². The van der Waals surface area contributed by atoms with E-state index in [1.165, 1.54) is 19.8 Å². The molecule has 2 amide bonds. The molecule has 0 aliphatic rings. The summed E-state index contributed by atoms with van der Waals surface area (Å²) >= 11 is 0. The Kier molecular flexibility index (Phi) is 5.45. The molecular formula is C21H24N4O4. The molecule has 0 aliphatic heterocycles. The molecule has 0 unspecified atom stereocenters. The normalized spacial score (nSPS) is 10.7. The number of rotatable bonds is 3. The van der Waals surface area contributed by atoms with E-state index in [1.54, 1.807) is 11.7 Å². The topological polar surface area (TPSA) is 85.7 Å². The van der Waals surface area contributed by atoms with Crippen molar-refractivity contribution in [2.24, 2.45) is 7.05 Å². The third kappa shape index (κ3) is 3.61. The maximum atomic E-state index is 12.0. The lowest BCUT2D eigenvalue weighted by molar-refractivity contribution is 0.107. The highest BCUT2D eigenvalue weighted by Gasteiger charge is 2.26. The van der Waals surface area contributed by atoms with E-state index in [-0.39, 0.29) is 0 Å². The van der Waals surface area contributed by atoms with E-state index in [9.17, 15) is 9.59 Å². The highest BCUT2D eigenvalue weighted by atomic mass is 16.6. The molecule has 2 aromatic carbocycles. The molecule has 0 saturated heterocycles. The van der Waals surface area contributed by atoms with Crippen LogP contribution in [0.2, 0.25) is 0 Å². The number of fused-ring (bicyclic) bond motifs is 1. The molecule has 0 atom stereocenters. The van der Waals surface area contributed by atoms with Crippen molar-refractivity contribution < 1.29 is 19.1 Å². The van der Waals surface area contributed by atoms with E-state index in [1.807, 2.05) is 18.2 Å². The third-order valence-corrected chi connectivity index (χ3v) is 4.74. The lowest BCUT2D eigenvalue weighted by Gasteiger charge is -2.19. The molecule has 0 bridgehead atoms. The summed E-state index contributed by atoms with van der Waals surface area (Å²) in [5, 5.41) is 6.05. The van der Waals surface area contributed by atoms with Crippen molar-refractivity contribution in [3.05, 3.63) is 47.0 Å². The zero-order valence-electron chi connectivity index (χ0n) is 17.4. The van der Waals surface area contributed by atoms with Gasteiger partial charge in [0.15, 0.2) is 5.82 Å². The number of ether oxygens (including phenoxy) is 2. The first-order chi connectivity index (χ1) is 13.8. The van der Waals surface area contributed by atoms with Gasteiger partial charge in [-0.3, -0.25) is 10.1 Å². The van der Waals surface area contributed by atoms with E-state index in [2.05, 4.69) is 52.9 Å². The molecule has 0 saturated carbocycles. The van der Waals surface area contributed by atoms with Gasteiger partial charge in [-0.1, -0.05) is 29.8 Å². The summed E-state index contributed by atoms with van der Waals surface area (Å²) in [6, 6.07) is 10.1. The van der Waals surface area contributed by atoms with Crippen LogP contribution in [0.1, 0.15) is 16.7 Å². The van der Waals surface area contributed by atoms with Gasteiger partial charge in [0.25, 0.3) is 0 Å². The van der Waals surface area contributed by atoms with Gasteiger partial charge < -0.3 is 9.47 Å². The summed E-state index contributed by atoms with van der Waals surface area (Å²) in [4.78, 5) is 24.0. The number of hydrogen-bond donors (Lipinski definition) is 1. The van der Waals surface area contributed by atoms with Crippen LogP contribution in [0.5, 0.6) is 0 Å². The molecule has 3 rings (SSSR count). The Balaban J connectivity index is 2.17. The summed E-state index contributed by atoms with van der Waals surface area (Å²) in [7, 11) is 4.10. The van der Waals surface area contributed by atoms with Crippen LogP contribution in [0.4, 0.5) is 15.4 Å². The number of aromatic nitrogens is 2. The second kappa shape index (κ2) is 7.83. The van der Waals surface area contributed by atoms with Crippen LogP contribution < -0.4 is 5.43 Å². The van der Waals surface area contributed by atoms with Crippen LogP contribution >= 0.6 is 0 Å². The molecule has 8 heteroatoms. The Morgan fingerprint density at radius 3 is 2.17 bits per heavy atom. The quantitative estimate of drug-likeness (QED) is 0.664. The standard InChI is InChI=1S/C21H24N4O4/c1-12-10-13(2)17(14(3)11-12)15-8-7-9-16-18(15)22-24(4)19(16)23-25(20(26)28-5)21(27)29-6/h7-11,23H,1-6H3. The van der Waals surface area contributed by atoms with Gasteiger partial charge in [0, 0.05) is 18.0 Å². The number of methoxy groups -OCH3 is 2. The first kappa shape index (κ1) is 20.2. The minimum atomic E-state index is -0.896. The highest BCUT2D eigenvalue weighted by Crippen LogP contribution is 2.36. The fourth-order valence-corrected chi connectivity index (χ4v) is 3.61. The number of amides is 2. The fourth-order valence-electron chi connectivity index (χ4n) is 3.61. The molecule has 1 N–H and O–H groups in total. The van der Waals surface area contributed by atoms with Crippen molar-refractivity contribution in [2.75, 3.05) is 19.6 Å². The lowest BCUT2D eigenvalue weighted by Crippen LogP contribution is -2.41. The summed E-state index contributed by atoms with van der Waals surface area (Å²) in [5.41, 5.74) is 9.12. The van der Waals surface area contributed by atoms with Crippen LogP contribution in [0.15, 0.2) is 30.3 Å². The number of imide groups is 1. The summed E-state index contributed by atoms with van der Waals surface area (Å²) in [6.45, 7) is 6.22. The first-order valence-electron chi connectivity index (χ1n) is 9.05. The smallest absolute Gasteiger partial charge is 0.438 e. The van der Waals surface area contributed by atoms with Crippen molar-refractivity contribution in [3.8, 4) is 11.1 Å². The van der Waals surface area contributed by atoms with Crippen molar-refractivity contribution >= 4 is 28.9 Å². The van der Waals surface area contributed by atoms with Gasteiger partial charge in [-0.05, 0) is 43.5 Å². The molecule has 8 nitrogen and oxygen atoms in total. The average molecular weight is 396 g/mol. The Bertz CT molecular complexity index is 1060. The van der Waals surface area contributed by atoms with Gasteiger partial charge in [-0.2, -0.15) is 5.10 Å². The molecule has 0 aliphatic carbocycles. The highest BCUT2D eigenvalue weighted by molar-refractivity contribution is 6.02. The molecule has 1 heterocycles. The van der Waals surface area contributed by atoms with E-state index < -0.39 is 12.2 Å². The number of carbonyl (C=O) groups is 2. The largest absolute Gasteiger partial charge is 0.451 e. The van der Waals surface area contributed by atoms with Gasteiger partial charge >= 0.3 is 12.2 Å². The van der Waals surface area contributed by atoms with Crippen molar-refractivity contribution in [3.63, 3.8) is 0 Å². The van der Waals surface area contributed by atoms with Gasteiger partial charge in [-0.15, -0.1) is 5.01 Å². The van der Waals surface area contributed by atoms with Crippen LogP contribution in [-0.4, -0.2) is 41.2 Å². The van der Waals surface area contributed by atoms with E-state index in [0.29, 0.717) is 10.8 Å². The van der Waals surface area contributed by atoms with Gasteiger partial charge in [0.1, 0.15) is 5.52 Å². The zero-order valence-corrected chi connectivity index (χ0v) is 17.4. The lowest BCUT2D eigenvalue weighted by atomic mass is 9.92. The predicted molar refractivity (Wildman–Crippen MR) is 111 cm³/mol. The Morgan fingerprint density at radius 1 is 1.03 bits per heavy atom.